The molecule has 0 aliphatic heterocycles. The van der Waals surface area contributed by atoms with Crippen molar-refractivity contribution in [1.82, 2.24) is 4.90 Å². The van der Waals surface area contributed by atoms with Crippen LogP contribution < -0.4 is 0 Å². The molecule has 4 heteroatoms. The van der Waals surface area contributed by atoms with E-state index in [0.29, 0.717) is 19.5 Å². The van der Waals surface area contributed by atoms with E-state index in [1.165, 1.54) is 12.1 Å². The molecule has 0 radical (unpaired) electrons. The van der Waals surface area contributed by atoms with Crippen molar-refractivity contribution in [3.63, 3.8) is 0 Å². The lowest BCUT2D eigenvalue weighted by Gasteiger charge is -2.26. The highest BCUT2D eigenvalue weighted by molar-refractivity contribution is 5.76. The second-order valence-electron chi connectivity index (χ2n) is 6.69. The van der Waals surface area contributed by atoms with Gasteiger partial charge in [0.25, 0.3) is 0 Å². The molecule has 0 fully saturated rings. The molecule has 0 N–H and O–H groups in total. The van der Waals surface area contributed by atoms with Gasteiger partial charge in [-0.3, -0.25) is 4.79 Å². The van der Waals surface area contributed by atoms with Crippen molar-refractivity contribution < 1.29 is 13.6 Å². The third-order valence-corrected chi connectivity index (χ3v) is 3.25. The normalized spacial score (nSPS) is 11.5. The Morgan fingerprint density at radius 2 is 1.82 bits per heavy atom. The van der Waals surface area contributed by atoms with Crippen LogP contribution in [0.1, 0.15) is 38.5 Å². The molecule has 0 saturated carbocycles. The Hall–Kier alpha value is -2.10. The molecule has 0 atom stereocenters. The molecule has 1 amide bonds. The van der Waals surface area contributed by atoms with Crippen molar-refractivity contribution in [2.75, 3.05) is 0 Å². The summed E-state index contributed by atoms with van der Waals surface area (Å²) in [5.74, 6) is 0.528. The first kappa shape index (κ1) is 16.3. The lowest BCUT2D eigenvalue weighted by Crippen LogP contribution is -2.32. The van der Waals surface area contributed by atoms with Gasteiger partial charge in [-0.2, -0.15) is 0 Å². The summed E-state index contributed by atoms with van der Waals surface area (Å²) < 4.78 is 18.4. The van der Waals surface area contributed by atoms with Crippen molar-refractivity contribution in [2.24, 2.45) is 5.41 Å². The van der Waals surface area contributed by atoms with Crippen LogP contribution in [0.15, 0.2) is 47.1 Å². The first-order valence-electron chi connectivity index (χ1n) is 7.38. The average Bonchev–Trinajstić information content (AvgIpc) is 2.91. The third kappa shape index (κ3) is 5.02. The van der Waals surface area contributed by atoms with Crippen molar-refractivity contribution in [3.05, 3.63) is 59.8 Å². The molecule has 0 aliphatic carbocycles. The number of carbonyl (C=O) groups is 1. The van der Waals surface area contributed by atoms with E-state index in [-0.39, 0.29) is 17.1 Å². The molecular weight excluding hydrogens is 281 g/mol. The van der Waals surface area contributed by atoms with Crippen LogP contribution in [0.5, 0.6) is 0 Å². The van der Waals surface area contributed by atoms with Crippen LogP contribution in [0.3, 0.4) is 0 Å². The minimum absolute atomic E-state index is 0.0632. The summed E-state index contributed by atoms with van der Waals surface area (Å²) in [4.78, 5) is 14.3. The number of amides is 1. The molecule has 1 aromatic carbocycles. The van der Waals surface area contributed by atoms with Gasteiger partial charge in [0.1, 0.15) is 11.6 Å². The minimum Gasteiger partial charge on any atom is -0.467 e. The molecule has 118 valence electrons. The Bertz CT molecular complexity index is 597. The summed E-state index contributed by atoms with van der Waals surface area (Å²) in [5, 5.41) is 0. The Balaban J connectivity index is 2.13. The third-order valence-electron chi connectivity index (χ3n) is 3.25. The number of furan rings is 1. The predicted molar refractivity (Wildman–Crippen MR) is 83.4 cm³/mol. The highest BCUT2D eigenvalue weighted by atomic mass is 19.1. The molecule has 2 aromatic rings. The zero-order chi connectivity index (χ0) is 16.2. The Morgan fingerprint density at radius 1 is 1.14 bits per heavy atom. The lowest BCUT2D eigenvalue weighted by molar-refractivity contribution is -0.134. The van der Waals surface area contributed by atoms with Crippen LogP contribution in [-0.2, 0) is 17.9 Å². The van der Waals surface area contributed by atoms with E-state index in [4.69, 9.17) is 4.42 Å². The Labute approximate surface area is 130 Å². The molecule has 1 heterocycles. The van der Waals surface area contributed by atoms with Crippen LogP contribution >= 0.6 is 0 Å². The van der Waals surface area contributed by atoms with Gasteiger partial charge in [0.15, 0.2) is 0 Å². The fourth-order valence-corrected chi connectivity index (χ4v) is 2.20. The second kappa shape index (κ2) is 6.77. The van der Waals surface area contributed by atoms with Crippen LogP contribution in [-0.4, -0.2) is 10.8 Å². The summed E-state index contributed by atoms with van der Waals surface area (Å²) in [6.07, 6.45) is 2.05. The largest absolute Gasteiger partial charge is 0.467 e. The number of rotatable bonds is 5. The van der Waals surface area contributed by atoms with E-state index in [2.05, 4.69) is 0 Å². The number of nitrogens with zero attached hydrogens (tertiary/aromatic N) is 1. The molecule has 1 aromatic heterocycles. The number of benzene rings is 1. The maximum absolute atomic E-state index is 13.0. The van der Waals surface area contributed by atoms with Gasteiger partial charge >= 0.3 is 0 Å². The van der Waals surface area contributed by atoms with Crippen molar-refractivity contribution in [3.8, 4) is 0 Å². The van der Waals surface area contributed by atoms with Gasteiger partial charge in [0.2, 0.25) is 5.91 Å². The molecule has 3 nitrogen and oxygen atoms in total. The first-order chi connectivity index (χ1) is 10.3. The number of hydrogen-bond donors (Lipinski definition) is 0. The lowest BCUT2D eigenvalue weighted by atomic mass is 9.91. The van der Waals surface area contributed by atoms with Gasteiger partial charge in [-0.05, 0) is 35.2 Å². The maximum Gasteiger partial charge on any atom is 0.223 e. The molecule has 0 spiro atoms. The summed E-state index contributed by atoms with van der Waals surface area (Å²) in [6.45, 7) is 6.96. The molecule has 0 unspecified atom stereocenters. The van der Waals surface area contributed by atoms with Gasteiger partial charge < -0.3 is 9.32 Å². The fraction of sp³-hybridized carbons (Fsp3) is 0.389. The van der Waals surface area contributed by atoms with Gasteiger partial charge in [-0.25, -0.2) is 4.39 Å². The smallest absolute Gasteiger partial charge is 0.223 e. The standard InChI is InChI=1S/C18H22FNO2/c1-18(2,3)11-17(21)20(13-16-5-4-10-22-16)12-14-6-8-15(19)9-7-14/h4-10H,11-13H2,1-3H3. The molecule has 2 rings (SSSR count). The quantitative estimate of drug-likeness (QED) is 0.821. The summed E-state index contributed by atoms with van der Waals surface area (Å²) >= 11 is 0. The van der Waals surface area contributed by atoms with Crippen LogP contribution in [0.4, 0.5) is 4.39 Å². The van der Waals surface area contributed by atoms with Crippen LogP contribution in [0.25, 0.3) is 0 Å². The second-order valence-corrected chi connectivity index (χ2v) is 6.69. The Morgan fingerprint density at radius 3 is 2.36 bits per heavy atom. The highest BCUT2D eigenvalue weighted by Crippen LogP contribution is 2.22. The zero-order valence-corrected chi connectivity index (χ0v) is 13.3. The Kier molecular flexibility index (Phi) is 5.01. The monoisotopic (exact) mass is 303 g/mol. The van der Waals surface area contributed by atoms with Crippen molar-refractivity contribution >= 4 is 5.91 Å². The van der Waals surface area contributed by atoms with Crippen LogP contribution in [0, 0.1) is 11.2 Å². The summed E-state index contributed by atoms with van der Waals surface area (Å²) in [7, 11) is 0. The summed E-state index contributed by atoms with van der Waals surface area (Å²) in [6, 6.07) is 9.88. The van der Waals surface area contributed by atoms with Gasteiger partial charge in [-0.15, -0.1) is 0 Å². The van der Waals surface area contributed by atoms with Crippen molar-refractivity contribution in [2.45, 2.75) is 40.3 Å². The number of halogens is 1. The van der Waals surface area contributed by atoms with Crippen molar-refractivity contribution in [1.29, 1.82) is 0 Å². The van der Waals surface area contributed by atoms with E-state index >= 15 is 0 Å². The van der Waals surface area contributed by atoms with E-state index in [1.54, 1.807) is 29.4 Å². The summed E-state index contributed by atoms with van der Waals surface area (Å²) in [5.41, 5.74) is 0.816. The topological polar surface area (TPSA) is 33.5 Å². The average molecular weight is 303 g/mol. The number of carbonyl (C=O) groups excluding carboxylic acids is 1. The fourth-order valence-electron chi connectivity index (χ4n) is 2.20. The van der Waals surface area contributed by atoms with E-state index in [9.17, 15) is 9.18 Å². The number of hydrogen-bond acceptors (Lipinski definition) is 2. The zero-order valence-electron chi connectivity index (χ0n) is 13.3. The SMILES string of the molecule is CC(C)(C)CC(=O)N(Cc1ccc(F)cc1)Cc1ccco1. The van der Waals surface area contributed by atoms with Gasteiger partial charge in [0.05, 0.1) is 12.8 Å². The molecular formula is C18H22FNO2. The van der Waals surface area contributed by atoms with Crippen LogP contribution in [0.2, 0.25) is 0 Å². The maximum atomic E-state index is 13.0. The molecule has 0 aliphatic rings. The van der Waals surface area contributed by atoms with Gasteiger partial charge in [0, 0.05) is 13.0 Å². The minimum atomic E-state index is -0.276. The highest BCUT2D eigenvalue weighted by Gasteiger charge is 2.22. The van der Waals surface area contributed by atoms with E-state index in [1.807, 2.05) is 26.8 Å². The molecule has 0 saturated heterocycles. The molecule has 0 bridgehead atoms. The predicted octanol–water partition coefficient (Wildman–Crippen LogP) is 4.38. The van der Waals surface area contributed by atoms with Gasteiger partial charge in [-0.1, -0.05) is 32.9 Å². The van der Waals surface area contributed by atoms with E-state index in [0.717, 1.165) is 11.3 Å². The molecule has 22 heavy (non-hydrogen) atoms. The van der Waals surface area contributed by atoms with E-state index < -0.39 is 0 Å². The first-order valence-corrected chi connectivity index (χ1v) is 7.38.